The van der Waals surface area contributed by atoms with Crippen LogP contribution in [0.1, 0.15) is 5.56 Å². The smallest absolute Gasteiger partial charge is 0.292 e. The van der Waals surface area contributed by atoms with E-state index in [0.29, 0.717) is 0 Å². The predicted octanol–water partition coefficient (Wildman–Crippen LogP) is 2.67. The third-order valence-corrected chi connectivity index (χ3v) is 3.23. The maximum Gasteiger partial charge on any atom is 0.416 e. The van der Waals surface area contributed by atoms with E-state index in [9.17, 15) is 13.2 Å². The molecule has 13 heavy (non-hydrogen) atoms. The minimum atomic E-state index is -4.21. The molecule has 0 aliphatic heterocycles. The second-order valence-corrected chi connectivity index (χ2v) is 5.66. The fourth-order valence-corrected chi connectivity index (χ4v) is 1.88. The molecule has 0 N–H and O–H groups in total. The van der Waals surface area contributed by atoms with Crippen LogP contribution in [0.2, 0.25) is 13.1 Å². The van der Waals surface area contributed by atoms with Gasteiger partial charge in [-0.1, -0.05) is 24.3 Å². The lowest BCUT2D eigenvalue weighted by Gasteiger charge is -2.20. The Hall–Kier alpha value is -0.773. The Morgan fingerprint density at radius 1 is 1.15 bits per heavy atom. The summed E-state index contributed by atoms with van der Waals surface area (Å²) >= 11 is 0. The van der Waals surface area contributed by atoms with Gasteiger partial charge in [-0.05, 0) is 0 Å². The molecule has 72 valence electrons. The number of hydrogen-bond acceptors (Lipinski definition) is 0. The van der Waals surface area contributed by atoms with Crippen LogP contribution < -0.4 is 5.19 Å². The minimum Gasteiger partial charge on any atom is -0.292 e. The maximum atomic E-state index is 12.2. The highest BCUT2D eigenvalue weighted by molar-refractivity contribution is 6.70. The predicted molar refractivity (Wildman–Crippen MR) is 48.6 cm³/mol. The normalized spacial score (nSPS) is 11.5. The van der Waals surface area contributed by atoms with Crippen molar-refractivity contribution in [3.05, 3.63) is 29.8 Å². The van der Waals surface area contributed by atoms with Crippen molar-refractivity contribution in [1.82, 2.24) is 0 Å². The zero-order valence-electron chi connectivity index (χ0n) is 7.44. The Morgan fingerprint density at radius 3 is 2.23 bits per heavy atom. The monoisotopic (exact) mass is 203 g/mol. The van der Waals surface area contributed by atoms with Gasteiger partial charge in [0, 0.05) is 0 Å². The van der Waals surface area contributed by atoms with Gasteiger partial charge in [-0.25, -0.2) is 0 Å². The Labute approximate surface area is 77.0 Å². The van der Waals surface area contributed by atoms with Gasteiger partial charge in [-0.3, -0.25) is 8.80 Å². The van der Waals surface area contributed by atoms with E-state index in [1.54, 1.807) is 6.07 Å². The summed E-state index contributed by atoms with van der Waals surface area (Å²) in [7, 11) is -0.794. The minimum absolute atomic E-state index is 0.545. The Kier molecular flexibility index (Phi) is 2.80. The maximum absolute atomic E-state index is 12.2. The van der Waals surface area contributed by atoms with Crippen LogP contribution in [0.3, 0.4) is 0 Å². The number of benzene rings is 1. The average molecular weight is 203 g/mol. The molecule has 1 rings (SSSR count). The van der Waals surface area contributed by atoms with Crippen LogP contribution in [0.15, 0.2) is 24.3 Å². The van der Waals surface area contributed by atoms with E-state index in [4.69, 9.17) is 0 Å². The first-order valence-electron chi connectivity index (χ1n) is 3.89. The van der Waals surface area contributed by atoms with Crippen molar-refractivity contribution in [2.45, 2.75) is 19.3 Å². The molecule has 0 aromatic heterocycles. The van der Waals surface area contributed by atoms with Gasteiger partial charge in [0.1, 0.15) is 0 Å². The average Bonchev–Trinajstić information content (AvgIpc) is 2.03. The van der Waals surface area contributed by atoms with Crippen molar-refractivity contribution in [3.8, 4) is 0 Å². The first-order chi connectivity index (χ1) is 5.91. The largest absolute Gasteiger partial charge is 0.416 e. The zero-order chi connectivity index (χ0) is 10.1. The summed E-state index contributed by atoms with van der Waals surface area (Å²) < 4.78 is 36.7. The van der Waals surface area contributed by atoms with Crippen molar-refractivity contribution in [3.63, 3.8) is 0 Å². The van der Waals surface area contributed by atoms with Crippen LogP contribution in [0.25, 0.3) is 0 Å². The third-order valence-electron chi connectivity index (χ3n) is 1.77. The summed E-state index contributed by atoms with van der Waals surface area (Å²) in [6.07, 6.45) is -4.21. The van der Waals surface area contributed by atoms with Gasteiger partial charge in [0.2, 0.25) is 0 Å². The van der Waals surface area contributed by atoms with Crippen molar-refractivity contribution >= 4 is 14.0 Å². The molecule has 0 fully saturated rings. The van der Waals surface area contributed by atoms with Gasteiger partial charge in [0.15, 0.2) is 0 Å². The van der Waals surface area contributed by atoms with Crippen LogP contribution in [-0.2, 0) is 6.18 Å². The topological polar surface area (TPSA) is 0 Å². The van der Waals surface area contributed by atoms with Crippen LogP contribution in [0.5, 0.6) is 0 Å². The summed E-state index contributed by atoms with van der Waals surface area (Å²) in [5.41, 5.74) is -0.545. The van der Waals surface area contributed by atoms with Gasteiger partial charge in [-0.15, -0.1) is 0 Å². The highest BCUT2D eigenvalue weighted by atomic mass is 28.3. The molecule has 0 aliphatic carbocycles. The molecule has 4 heteroatoms. The van der Waals surface area contributed by atoms with Gasteiger partial charge in [0.05, 0.1) is 5.56 Å². The summed E-state index contributed by atoms with van der Waals surface area (Å²) in [5.74, 6) is 0. The molecule has 0 nitrogen and oxygen atoms in total. The first-order valence-corrected chi connectivity index (χ1v) is 6.39. The Balaban J connectivity index is 3.06. The van der Waals surface area contributed by atoms with Crippen molar-refractivity contribution in [1.29, 1.82) is 0 Å². The highest BCUT2D eigenvalue weighted by Gasteiger charge is 2.29. The molecule has 0 bridgehead atoms. The van der Waals surface area contributed by atoms with Gasteiger partial charge in [0.25, 0.3) is 0 Å². The molecule has 0 heterocycles. The number of alkyl halides is 3. The molecule has 0 aliphatic rings. The lowest BCUT2D eigenvalue weighted by Crippen LogP contribution is -2.24. The quantitative estimate of drug-likeness (QED) is 0.615. The Morgan fingerprint density at radius 2 is 1.77 bits per heavy atom. The Bertz CT molecular complexity index is 291. The molecule has 0 amide bonds. The number of halogens is 3. The fourth-order valence-electron chi connectivity index (χ4n) is 1.01. The molecule has 0 saturated heterocycles. The van der Waals surface area contributed by atoms with E-state index < -0.39 is 20.5 Å². The molecule has 1 aromatic rings. The van der Waals surface area contributed by atoms with Crippen LogP contribution in [0.4, 0.5) is 13.2 Å². The van der Waals surface area contributed by atoms with E-state index in [0.717, 1.165) is 11.3 Å². The molecular weight excluding hydrogens is 193 g/mol. The molecule has 0 saturated carbocycles. The van der Waals surface area contributed by atoms with E-state index in [1.807, 2.05) is 13.1 Å². The standard InChI is InChI=1S/C9H10F3Si/c1-13(2)8-5-3-4-7(6-8)9(10,11)12/h3-6H,1-2H3/q-1. The molecular formula is C9H10F3Si-. The molecule has 1 aromatic carbocycles. The van der Waals surface area contributed by atoms with E-state index in [1.165, 1.54) is 12.1 Å². The zero-order valence-corrected chi connectivity index (χ0v) is 8.44. The lowest BCUT2D eigenvalue weighted by atomic mass is 10.2. The molecule has 0 unspecified atom stereocenters. The van der Waals surface area contributed by atoms with E-state index in [2.05, 4.69) is 0 Å². The summed E-state index contributed by atoms with van der Waals surface area (Å²) in [6, 6.07) is 5.57. The van der Waals surface area contributed by atoms with E-state index in [-0.39, 0.29) is 0 Å². The second-order valence-electron chi connectivity index (χ2n) is 3.08. The van der Waals surface area contributed by atoms with Gasteiger partial charge in [-0.2, -0.15) is 31.5 Å². The summed E-state index contributed by atoms with van der Waals surface area (Å²) in [4.78, 5) is 0. The molecule has 0 atom stereocenters. The SMILES string of the molecule is C[Si-](C)c1cccc(C(F)(F)F)c1. The van der Waals surface area contributed by atoms with Crippen molar-refractivity contribution in [2.24, 2.45) is 0 Å². The van der Waals surface area contributed by atoms with Crippen LogP contribution >= 0.6 is 0 Å². The first kappa shape index (κ1) is 10.3. The molecule has 0 spiro atoms. The fraction of sp³-hybridized carbons (Fsp3) is 0.333. The second kappa shape index (κ2) is 3.53. The third kappa shape index (κ3) is 2.59. The van der Waals surface area contributed by atoms with Gasteiger partial charge >= 0.3 is 6.18 Å². The van der Waals surface area contributed by atoms with Gasteiger partial charge < -0.3 is 0 Å². The lowest BCUT2D eigenvalue weighted by molar-refractivity contribution is -0.137. The summed E-state index contributed by atoms with van der Waals surface area (Å²) in [5, 5.41) is 0.819. The van der Waals surface area contributed by atoms with Crippen LogP contribution in [-0.4, -0.2) is 8.80 Å². The molecule has 0 radical (unpaired) electrons. The number of hydrogen-bond donors (Lipinski definition) is 0. The van der Waals surface area contributed by atoms with E-state index >= 15 is 0 Å². The van der Waals surface area contributed by atoms with Crippen molar-refractivity contribution < 1.29 is 13.2 Å². The highest BCUT2D eigenvalue weighted by Crippen LogP contribution is 2.28. The van der Waals surface area contributed by atoms with Crippen LogP contribution in [0, 0.1) is 0 Å². The number of rotatable bonds is 1. The van der Waals surface area contributed by atoms with Crippen molar-refractivity contribution in [2.75, 3.05) is 0 Å². The summed E-state index contributed by atoms with van der Waals surface area (Å²) in [6.45, 7) is 3.94.